The quantitative estimate of drug-likeness (QED) is 0.369. The lowest BCUT2D eigenvalue weighted by Crippen LogP contribution is -2.06. The molecule has 3 aromatic carbocycles. The van der Waals surface area contributed by atoms with E-state index in [0.717, 1.165) is 22.5 Å². The molecule has 5 aromatic rings. The Bertz CT molecular complexity index is 1330. The van der Waals surface area contributed by atoms with Crippen molar-refractivity contribution in [2.75, 3.05) is 0 Å². The Morgan fingerprint density at radius 1 is 0.767 bits per heavy atom. The molecule has 0 saturated carbocycles. The highest BCUT2D eigenvalue weighted by atomic mass is 19.4. The summed E-state index contributed by atoms with van der Waals surface area (Å²) < 4.78 is 45.3. The second-order valence-corrected chi connectivity index (χ2v) is 6.79. The number of aromatic amines is 1. The monoisotopic (exact) mass is 405 g/mol. The molecule has 4 nitrogen and oxygen atoms in total. The van der Waals surface area contributed by atoms with Gasteiger partial charge in [0, 0.05) is 28.2 Å². The Morgan fingerprint density at radius 3 is 2.30 bits per heavy atom. The standard InChI is InChI=1S/C23H14F3N3O/c24-23(25,26)19-6-2-1-4-16(19)14-8-10-15(11-9-14)22-28-21(29-30-22)18-5-3-7-20-17(18)12-13-27-20/h1-13,27H. The molecule has 0 amide bonds. The molecule has 5 rings (SSSR count). The lowest BCUT2D eigenvalue weighted by atomic mass is 9.98. The summed E-state index contributed by atoms with van der Waals surface area (Å²) in [5.74, 6) is 0.745. The fourth-order valence-electron chi connectivity index (χ4n) is 3.50. The molecule has 0 radical (unpaired) electrons. The number of hydrogen-bond donors (Lipinski definition) is 1. The van der Waals surface area contributed by atoms with Gasteiger partial charge >= 0.3 is 6.18 Å². The molecule has 30 heavy (non-hydrogen) atoms. The first-order chi connectivity index (χ1) is 14.5. The van der Waals surface area contributed by atoms with E-state index in [-0.39, 0.29) is 5.56 Å². The summed E-state index contributed by atoms with van der Waals surface area (Å²) in [6.07, 6.45) is -2.58. The molecule has 0 aliphatic rings. The average molecular weight is 405 g/mol. The van der Waals surface area contributed by atoms with Crippen molar-refractivity contribution in [3.8, 4) is 34.0 Å². The Hall–Kier alpha value is -3.87. The van der Waals surface area contributed by atoms with Gasteiger partial charge in [-0.3, -0.25) is 0 Å². The van der Waals surface area contributed by atoms with Crippen LogP contribution in [0, 0.1) is 0 Å². The van der Waals surface area contributed by atoms with E-state index in [4.69, 9.17) is 4.52 Å². The fraction of sp³-hybridized carbons (Fsp3) is 0.0435. The first kappa shape index (κ1) is 18.2. The van der Waals surface area contributed by atoms with E-state index in [1.54, 1.807) is 30.3 Å². The van der Waals surface area contributed by atoms with Crippen LogP contribution in [0.2, 0.25) is 0 Å². The molecular formula is C23H14F3N3O. The van der Waals surface area contributed by atoms with Gasteiger partial charge in [0.15, 0.2) is 0 Å². The summed E-state index contributed by atoms with van der Waals surface area (Å²) in [7, 11) is 0. The zero-order chi connectivity index (χ0) is 20.7. The Morgan fingerprint density at radius 2 is 1.50 bits per heavy atom. The fourth-order valence-corrected chi connectivity index (χ4v) is 3.50. The first-order valence-electron chi connectivity index (χ1n) is 9.18. The predicted octanol–water partition coefficient (Wildman–Crippen LogP) is 6.57. The smallest absolute Gasteiger partial charge is 0.361 e. The van der Waals surface area contributed by atoms with Crippen molar-refractivity contribution in [2.45, 2.75) is 6.18 Å². The molecule has 2 heterocycles. The van der Waals surface area contributed by atoms with Crippen LogP contribution in [0.3, 0.4) is 0 Å². The number of alkyl halides is 3. The number of fused-ring (bicyclic) bond motifs is 1. The van der Waals surface area contributed by atoms with Crippen LogP contribution < -0.4 is 0 Å². The van der Waals surface area contributed by atoms with Crippen LogP contribution in [0.1, 0.15) is 5.56 Å². The van der Waals surface area contributed by atoms with E-state index < -0.39 is 11.7 Å². The van der Waals surface area contributed by atoms with Crippen molar-refractivity contribution in [2.24, 2.45) is 0 Å². The van der Waals surface area contributed by atoms with Crippen molar-refractivity contribution >= 4 is 10.9 Å². The topological polar surface area (TPSA) is 54.7 Å². The molecule has 0 fully saturated rings. The maximum absolute atomic E-state index is 13.3. The number of aromatic nitrogens is 3. The van der Waals surface area contributed by atoms with Gasteiger partial charge in [0.05, 0.1) is 5.56 Å². The second-order valence-electron chi connectivity index (χ2n) is 6.79. The highest BCUT2D eigenvalue weighted by Crippen LogP contribution is 2.37. The van der Waals surface area contributed by atoms with E-state index in [1.165, 1.54) is 12.1 Å². The van der Waals surface area contributed by atoms with Crippen LogP contribution in [0.5, 0.6) is 0 Å². The molecule has 7 heteroatoms. The number of rotatable bonds is 3. The van der Waals surface area contributed by atoms with Gasteiger partial charge in [0.1, 0.15) is 0 Å². The summed E-state index contributed by atoms with van der Waals surface area (Å²) in [6, 6.07) is 19.8. The molecule has 0 spiro atoms. The zero-order valence-corrected chi connectivity index (χ0v) is 15.4. The van der Waals surface area contributed by atoms with E-state index in [1.807, 2.05) is 30.5 Å². The third-order valence-electron chi connectivity index (χ3n) is 4.94. The van der Waals surface area contributed by atoms with Crippen molar-refractivity contribution in [3.63, 3.8) is 0 Å². The summed E-state index contributed by atoms with van der Waals surface area (Å²) in [4.78, 5) is 7.61. The van der Waals surface area contributed by atoms with E-state index in [0.29, 0.717) is 22.8 Å². The molecule has 1 N–H and O–H groups in total. The number of hydrogen-bond acceptors (Lipinski definition) is 3. The molecule has 2 aromatic heterocycles. The predicted molar refractivity (Wildman–Crippen MR) is 107 cm³/mol. The Balaban J connectivity index is 1.49. The maximum atomic E-state index is 13.3. The van der Waals surface area contributed by atoms with Crippen LogP contribution >= 0.6 is 0 Å². The first-order valence-corrected chi connectivity index (χ1v) is 9.18. The number of nitrogens with one attached hydrogen (secondary N) is 1. The number of nitrogens with zero attached hydrogens (tertiary/aromatic N) is 2. The zero-order valence-electron chi connectivity index (χ0n) is 15.4. The normalized spacial score (nSPS) is 11.8. The van der Waals surface area contributed by atoms with Gasteiger partial charge in [0.2, 0.25) is 5.82 Å². The third kappa shape index (κ3) is 3.14. The van der Waals surface area contributed by atoms with E-state index >= 15 is 0 Å². The molecule has 0 aliphatic heterocycles. The van der Waals surface area contributed by atoms with Crippen molar-refractivity contribution in [3.05, 3.63) is 84.6 Å². The van der Waals surface area contributed by atoms with Crippen LogP contribution in [0.4, 0.5) is 13.2 Å². The number of H-pyrrole nitrogens is 1. The van der Waals surface area contributed by atoms with Crippen molar-refractivity contribution < 1.29 is 17.7 Å². The lowest BCUT2D eigenvalue weighted by molar-refractivity contribution is -0.137. The minimum Gasteiger partial charge on any atom is -0.361 e. The van der Waals surface area contributed by atoms with E-state index in [2.05, 4.69) is 15.1 Å². The van der Waals surface area contributed by atoms with Gasteiger partial charge in [-0.1, -0.05) is 47.6 Å². The van der Waals surface area contributed by atoms with Gasteiger partial charge in [-0.05, 0) is 41.5 Å². The molecule has 0 saturated heterocycles. The Kier molecular flexibility index (Phi) is 4.17. The Labute approximate surface area is 169 Å². The lowest BCUT2D eigenvalue weighted by Gasteiger charge is -2.12. The molecule has 148 valence electrons. The van der Waals surface area contributed by atoms with Crippen molar-refractivity contribution in [1.29, 1.82) is 0 Å². The van der Waals surface area contributed by atoms with Crippen LogP contribution in [-0.2, 0) is 6.18 Å². The number of halogens is 3. The van der Waals surface area contributed by atoms with Gasteiger partial charge in [-0.25, -0.2) is 0 Å². The highest BCUT2D eigenvalue weighted by Gasteiger charge is 2.33. The molecule has 0 atom stereocenters. The van der Waals surface area contributed by atoms with Crippen molar-refractivity contribution in [1.82, 2.24) is 15.1 Å². The largest absolute Gasteiger partial charge is 0.417 e. The van der Waals surface area contributed by atoms with Crippen LogP contribution in [0.25, 0.3) is 44.9 Å². The maximum Gasteiger partial charge on any atom is 0.417 e. The molecule has 0 aliphatic carbocycles. The van der Waals surface area contributed by atoms with Gasteiger partial charge < -0.3 is 9.51 Å². The van der Waals surface area contributed by atoms with Gasteiger partial charge in [0.25, 0.3) is 5.89 Å². The average Bonchev–Trinajstić information content (AvgIpc) is 3.43. The van der Waals surface area contributed by atoms with Crippen LogP contribution in [-0.4, -0.2) is 15.1 Å². The number of benzene rings is 3. The van der Waals surface area contributed by atoms with E-state index in [9.17, 15) is 13.2 Å². The third-order valence-corrected chi connectivity index (χ3v) is 4.94. The molecule has 0 unspecified atom stereocenters. The van der Waals surface area contributed by atoms with Gasteiger partial charge in [-0.2, -0.15) is 18.2 Å². The summed E-state index contributed by atoms with van der Waals surface area (Å²) in [5, 5.41) is 5.05. The molecule has 0 bridgehead atoms. The van der Waals surface area contributed by atoms with Gasteiger partial charge in [-0.15, -0.1) is 0 Å². The SMILES string of the molecule is FC(F)(F)c1ccccc1-c1ccc(-c2nc(-c3cccc4[nH]ccc34)no2)cc1. The minimum absolute atomic E-state index is 0.127. The summed E-state index contributed by atoms with van der Waals surface area (Å²) in [5.41, 5.74) is 2.34. The highest BCUT2D eigenvalue weighted by molar-refractivity contribution is 5.93. The van der Waals surface area contributed by atoms with Crippen LogP contribution in [0.15, 0.2) is 83.5 Å². The minimum atomic E-state index is -4.42. The molecular weight excluding hydrogens is 391 g/mol. The second kappa shape index (κ2) is 6.88. The summed E-state index contributed by atoms with van der Waals surface area (Å²) in [6.45, 7) is 0. The summed E-state index contributed by atoms with van der Waals surface area (Å²) >= 11 is 0.